The molecule has 0 aliphatic heterocycles. The predicted octanol–water partition coefficient (Wildman–Crippen LogP) is -8.20. The van der Waals surface area contributed by atoms with Crippen LogP contribution in [-0.4, -0.2) is 35.8 Å². The van der Waals surface area contributed by atoms with Crippen LogP contribution >= 0.6 is 0 Å². The molecular weight excluding hydrogens is 614 g/mol. The topological polar surface area (TPSA) is 241 Å². The van der Waals surface area contributed by atoms with Gasteiger partial charge in [0.05, 0.1) is 0 Å². The van der Waals surface area contributed by atoms with Gasteiger partial charge in [-0.3, -0.25) is 0 Å². The molecule has 0 unspecified atom stereocenters. The number of rotatable bonds is 9. The second-order valence-corrected chi connectivity index (χ2v) is 3.73. The van der Waals surface area contributed by atoms with E-state index in [9.17, 15) is 59.4 Å². The Bertz CT molecular complexity index is 355. The van der Waals surface area contributed by atoms with Crippen molar-refractivity contribution in [1.29, 1.82) is 0 Å². The van der Waals surface area contributed by atoms with Gasteiger partial charge in [0, 0.05) is 35.8 Å². The second kappa shape index (κ2) is 24.2. The quantitative estimate of drug-likeness (QED) is 0.232. The van der Waals surface area contributed by atoms with E-state index in [4.69, 9.17) is 0 Å². The molecule has 0 saturated heterocycles. The maximum atomic E-state index is 9.50. The SMILES string of the molecule is O=C([O-])CCC(=O)[O-].O=C([O-])CCC(=O)[O-].O=C([O-])CCC(=O)[O-].[La+3].[La+3]. The molecule has 0 amide bonds. The standard InChI is InChI=1S/3C4H6O4.2La/c3*5-3(6)1-2-4(7)8;;/h3*1-2H2,(H,5,6)(H,7,8);;/q;;;2*+3/p-6. The third-order valence-electron chi connectivity index (χ3n) is 1.60. The number of aliphatic carboxylic acids is 6. The molecule has 0 rings (SSSR count). The van der Waals surface area contributed by atoms with E-state index in [1.165, 1.54) is 0 Å². The van der Waals surface area contributed by atoms with Gasteiger partial charge in [0.25, 0.3) is 0 Å². The van der Waals surface area contributed by atoms with Gasteiger partial charge >= 0.3 is 71.2 Å². The minimum atomic E-state index is -1.37. The van der Waals surface area contributed by atoms with Crippen LogP contribution in [0.15, 0.2) is 0 Å². The fourth-order valence-electron chi connectivity index (χ4n) is 0.612. The van der Waals surface area contributed by atoms with Gasteiger partial charge in [-0.1, -0.05) is 0 Å². The molecule has 0 aromatic rings. The van der Waals surface area contributed by atoms with Crippen LogP contribution in [0.4, 0.5) is 0 Å². The van der Waals surface area contributed by atoms with Crippen molar-refractivity contribution in [2.45, 2.75) is 38.5 Å². The third-order valence-corrected chi connectivity index (χ3v) is 1.60. The fourth-order valence-corrected chi connectivity index (χ4v) is 0.612. The van der Waals surface area contributed by atoms with E-state index in [1.807, 2.05) is 0 Å². The van der Waals surface area contributed by atoms with E-state index in [1.54, 1.807) is 0 Å². The summed E-state index contributed by atoms with van der Waals surface area (Å²) in [6, 6.07) is 0. The van der Waals surface area contributed by atoms with Crippen molar-refractivity contribution in [2.24, 2.45) is 0 Å². The Hall–Kier alpha value is -0.790. The van der Waals surface area contributed by atoms with Gasteiger partial charge in [0.2, 0.25) is 0 Å². The number of carbonyl (C=O) groups is 6. The summed E-state index contributed by atoms with van der Waals surface area (Å²) >= 11 is 0. The van der Waals surface area contributed by atoms with Crippen molar-refractivity contribution in [3.8, 4) is 0 Å². The number of hydrogen-bond acceptors (Lipinski definition) is 12. The molecule has 0 N–H and O–H groups in total. The number of carbonyl (C=O) groups excluding carboxylic acids is 6. The Morgan fingerprint density at radius 3 is 0.462 bits per heavy atom. The number of carboxylic acids is 6. The van der Waals surface area contributed by atoms with Crippen LogP contribution in [-0.2, 0) is 28.8 Å². The normalized spacial score (nSPS) is 7.85. The van der Waals surface area contributed by atoms with Crippen LogP contribution < -0.4 is 30.6 Å². The van der Waals surface area contributed by atoms with Crippen molar-refractivity contribution in [1.82, 2.24) is 0 Å². The molecule has 14 heteroatoms. The van der Waals surface area contributed by atoms with Gasteiger partial charge < -0.3 is 59.4 Å². The van der Waals surface area contributed by atoms with Crippen LogP contribution in [0.25, 0.3) is 0 Å². The van der Waals surface area contributed by atoms with Crippen LogP contribution in [0.3, 0.4) is 0 Å². The largest absolute Gasteiger partial charge is 3.00 e. The summed E-state index contributed by atoms with van der Waals surface area (Å²) in [4.78, 5) is 57.0. The van der Waals surface area contributed by atoms with E-state index in [0.29, 0.717) is 0 Å². The van der Waals surface area contributed by atoms with Crippen LogP contribution in [0.2, 0.25) is 0 Å². The van der Waals surface area contributed by atoms with Crippen molar-refractivity contribution >= 4 is 35.8 Å². The summed E-state index contributed by atoms with van der Waals surface area (Å²) in [5.74, 6) is -8.20. The zero-order chi connectivity index (χ0) is 19.7. The van der Waals surface area contributed by atoms with Crippen LogP contribution in [0.1, 0.15) is 38.5 Å². The van der Waals surface area contributed by atoms with Gasteiger partial charge in [0.1, 0.15) is 0 Å². The fraction of sp³-hybridized carbons (Fsp3) is 0.500. The van der Waals surface area contributed by atoms with Crippen LogP contribution in [0.5, 0.6) is 0 Å². The first-order valence-corrected chi connectivity index (χ1v) is 6.07. The van der Waals surface area contributed by atoms with E-state index in [-0.39, 0.29) is 71.2 Å². The van der Waals surface area contributed by atoms with Crippen molar-refractivity contribution in [2.75, 3.05) is 0 Å². The zero-order valence-corrected chi connectivity index (χ0v) is 20.5. The first-order valence-electron chi connectivity index (χ1n) is 6.07. The van der Waals surface area contributed by atoms with Crippen molar-refractivity contribution < 1.29 is 131 Å². The average Bonchev–Trinajstić information content (AvgIpc) is 2.42. The van der Waals surface area contributed by atoms with E-state index in [2.05, 4.69) is 0 Å². The summed E-state index contributed by atoms with van der Waals surface area (Å²) in [6.07, 6.45) is -2.82. The number of carboxylic acid groups (broad SMARTS) is 6. The molecule has 26 heavy (non-hydrogen) atoms. The van der Waals surface area contributed by atoms with E-state index in [0.717, 1.165) is 0 Å². The Morgan fingerprint density at radius 1 is 0.346 bits per heavy atom. The molecule has 0 atom stereocenters. The molecule has 0 aromatic heterocycles. The summed E-state index contributed by atoms with van der Waals surface area (Å²) in [5, 5.41) is 57.0. The predicted molar refractivity (Wildman–Crippen MR) is 57.7 cm³/mol. The van der Waals surface area contributed by atoms with Crippen molar-refractivity contribution in [3.63, 3.8) is 0 Å². The van der Waals surface area contributed by atoms with E-state index < -0.39 is 74.3 Å². The second-order valence-electron chi connectivity index (χ2n) is 3.73. The van der Waals surface area contributed by atoms with Crippen molar-refractivity contribution in [3.05, 3.63) is 0 Å². The minimum absolute atomic E-state index is 0. The molecular formula is C12H12La2O12. The van der Waals surface area contributed by atoms with Gasteiger partial charge in [-0.15, -0.1) is 0 Å². The maximum Gasteiger partial charge on any atom is 3.00 e. The summed E-state index contributed by atoms with van der Waals surface area (Å²) < 4.78 is 0. The molecule has 0 spiro atoms. The summed E-state index contributed by atoms with van der Waals surface area (Å²) in [5.41, 5.74) is 0. The Labute approximate surface area is 203 Å². The van der Waals surface area contributed by atoms with Crippen LogP contribution in [0, 0.1) is 71.2 Å². The van der Waals surface area contributed by atoms with Gasteiger partial charge in [-0.2, -0.15) is 0 Å². The molecule has 0 heterocycles. The third kappa shape index (κ3) is 56.7. The van der Waals surface area contributed by atoms with E-state index >= 15 is 0 Å². The Balaban J connectivity index is -0.0000000817. The smallest absolute Gasteiger partial charge is 0.550 e. The minimum Gasteiger partial charge on any atom is -0.550 e. The molecule has 138 valence electrons. The molecule has 0 saturated carbocycles. The maximum absolute atomic E-state index is 9.50. The van der Waals surface area contributed by atoms with Gasteiger partial charge in [-0.05, 0) is 38.5 Å². The molecule has 0 radical (unpaired) electrons. The molecule has 0 fully saturated rings. The first kappa shape index (κ1) is 36.2. The van der Waals surface area contributed by atoms with Gasteiger partial charge in [-0.25, -0.2) is 0 Å². The molecule has 12 nitrogen and oxygen atoms in total. The Morgan fingerprint density at radius 2 is 0.423 bits per heavy atom. The number of hydrogen-bond donors (Lipinski definition) is 0. The average molecular weight is 626 g/mol. The molecule has 0 aliphatic carbocycles. The monoisotopic (exact) mass is 626 g/mol. The zero-order valence-electron chi connectivity index (χ0n) is 13.3. The molecule has 0 bridgehead atoms. The summed E-state index contributed by atoms with van der Waals surface area (Å²) in [7, 11) is 0. The Kier molecular flexibility index (Phi) is 33.7. The van der Waals surface area contributed by atoms with Gasteiger partial charge in [0.15, 0.2) is 0 Å². The first-order chi connectivity index (χ1) is 10.9. The molecule has 0 aliphatic rings. The summed E-state index contributed by atoms with van der Waals surface area (Å²) in [6.45, 7) is 0. The molecule has 0 aromatic carbocycles.